The summed E-state index contributed by atoms with van der Waals surface area (Å²) in [4.78, 5) is 19.3. The fourth-order valence-electron chi connectivity index (χ4n) is 2.01. The molecule has 1 aromatic heterocycles. The number of imidazole rings is 1. The van der Waals surface area contributed by atoms with Crippen LogP contribution in [-0.2, 0) is 0 Å². The minimum atomic E-state index is -0.141. The summed E-state index contributed by atoms with van der Waals surface area (Å²) in [5.74, 6) is -0.141. The minimum absolute atomic E-state index is 0.141. The van der Waals surface area contributed by atoms with Crippen LogP contribution in [0.5, 0.6) is 0 Å². The molecule has 0 spiro atoms. The predicted molar refractivity (Wildman–Crippen MR) is 86.1 cm³/mol. The van der Waals surface area contributed by atoms with Crippen molar-refractivity contribution in [2.45, 2.75) is 0 Å². The largest absolute Gasteiger partial charge is 0.345 e. The topological polar surface area (TPSA) is 57.8 Å². The van der Waals surface area contributed by atoms with Gasteiger partial charge in [0.05, 0.1) is 18.2 Å². The number of benzene rings is 2. The normalized spacial score (nSPS) is 10.3. The Bertz CT molecular complexity index is 769. The first kappa shape index (κ1) is 13.6. The number of carbonyl (C=O) groups is 1. The first-order chi connectivity index (χ1) is 10.2. The third kappa shape index (κ3) is 3.20. The van der Waals surface area contributed by atoms with Crippen LogP contribution in [0.2, 0.25) is 0 Å². The number of aromatic amines is 1. The van der Waals surface area contributed by atoms with Gasteiger partial charge in [0.2, 0.25) is 0 Å². The first-order valence-corrected chi connectivity index (χ1v) is 7.17. The smallest absolute Gasteiger partial charge is 0.255 e. The van der Waals surface area contributed by atoms with E-state index in [9.17, 15) is 4.79 Å². The lowest BCUT2D eigenvalue weighted by Crippen LogP contribution is -2.11. The zero-order chi connectivity index (χ0) is 14.7. The molecule has 1 amide bonds. The van der Waals surface area contributed by atoms with Crippen LogP contribution >= 0.6 is 15.9 Å². The molecule has 5 heteroatoms. The number of carbonyl (C=O) groups excluding carboxylic acids is 1. The van der Waals surface area contributed by atoms with Crippen LogP contribution in [0.1, 0.15) is 10.4 Å². The molecule has 0 aliphatic rings. The summed E-state index contributed by atoms with van der Waals surface area (Å²) in [6, 6.07) is 14.9. The quantitative estimate of drug-likeness (QED) is 0.753. The van der Waals surface area contributed by atoms with Gasteiger partial charge in [-0.2, -0.15) is 0 Å². The van der Waals surface area contributed by atoms with E-state index in [4.69, 9.17) is 0 Å². The molecule has 1 heterocycles. The number of nitrogens with zero attached hydrogens (tertiary/aromatic N) is 1. The van der Waals surface area contributed by atoms with Crippen LogP contribution in [0.15, 0.2) is 65.5 Å². The molecule has 0 radical (unpaired) electrons. The summed E-state index contributed by atoms with van der Waals surface area (Å²) in [5.41, 5.74) is 3.23. The number of nitrogens with one attached hydrogen (secondary N) is 2. The fourth-order valence-corrected chi connectivity index (χ4v) is 2.41. The average molecular weight is 342 g/mol. The highest BCUT2D eigenvalue weighted by atomic mass is 79.9. The maximum atomic E-state index is 12.2. The Labute approximate surface area is 130 Å². The van der Waals surface area contributed by atoms with Gasteiger partial charge in [-0.15, -0.1) is 0 Å². The summed E-state index contributed by atoms with van der Waals surface area (Å²) in [5, 5.41) is 2.89. The molecule has 3 aromatic rings. The van der Waals surface area contributed by atoms with Crippen LogP contribution in [-0.4, -0.2) is 15.9 Å². The van der Waals surface area contributed by atoms with E-state index in [1.165, 1.54) is 0 Å². The molecule has 21 heavy (non-hydrogen) atoms. The van der Waals surface area contributed by atoms with Gasteiger partial charge >= 0.3 is 0 Å². The maximum Gasteiger partial charge on any atom is 0.255 e. The molecule has 2 N–H and O–H groups in total. The summed E-state index contributed by atoms with van der Waals surface area (Å²) >= 11 is 3.36. The van der Waals surface area contributed by atoms with Crippen molar-refractivity contribution in [2.75, 3.05) is 5.32 Å². The standard InChI is InChI=1S/C16H12BrN3O/c17-13-5-1-4-12(7-13)16(21)20-14-6-2-3-11(8-14)15-9-18-10-19-15/h1-10H,(H,18,19)(H,20,21). The third-order valence-electron chi connectivity index (χ3n) is 3.02. The summed E-state index contributed by atoms with van der Waals surface area (Å²) in [7, 11) is 0. The highest BCUT2D eigenvalue weighted by Gasteiger charge is 2.07. The van der Waals surface area contributed by atoms with Crippen molar-refractivity contribution < 1.29 is 4.79 Å². The van der Waals surface area contributed by atoms with Gasteiger partial charge in [0, 0.05) is 21.3 Å². The number of H-pyrrole nitrogens is 1. The van der Waals surface area contributed by atoms with Crippen molar-refractivity contribution in [2.24, 2.45) is 0 Å². The molecule has 0 saturated heterocycles. The molecule has 0 unspecified atom stereocenters. The number of amides is 1. The zero-order valence-corrected chi connectivity index (χ0v) is 12.6. The van der Waals surface area contributed by atoms with Crippen molar-refractivity contribution in [1.29, 1.82) is 0 Å². The van der Waals surface area contributed by atoms with E-state index in [2.05, 4.69) is 31.2 Å². The average Bonchev–Trinajstić information content (AvgIpc) is 3.02. The molecule has 2 aromatic carbocycles. The van der Waals surface area contributed by atoms with E-state index in [0.29, 0.717) is 5.56 Å². The molecular formula is C16H12BrN3O. The van der Waals surface area contributed by atoms with E-state index < -0.39 is 0 Å². The fraction of sp³-hybridized carbons (Fsp3) is 0. The van der Waals surface area contributed by atoms with Gasteiger partial charge in [-0.3, -0.25) is 4.79 Å². The minimum Gasteiger partial charge on any atom is -0.345 e. The van der Waals surface area contributed by atoms with Crippen molar-refractivity contribution >= 4 is 27.5 Å². The number of aromatic nitrogens is 2. The summed E-state index contributed by atoms with van der Waals surface area (Å²) in [6.07, 6.45) is 3.37. The molecular weight excluding hydrogens is 330 g/mol. The summed E-state index contributed by atoms with van der Waals surface area (Å²) in [6.45, 7) is 0. The number of hydrogen-bond acceptors (Lipinski definition) is 2. The lowest BCUT2D eigenvalue weighted by molar-refractivity contribution is 0.102. The molecule has 0 aliphatic heterocycles. The molecule has 0 fully saturated rings. The van der Waals surface area contributed by atoms with E-state index >= 15 is 0 Å². The van der Waals surface area contributed by atoms with Crippen LogP contribution < -0.4 is 5.32 Å². The highest BCUT2D eigenvalue weighted by Crippen LogP contribution is 2.21. The SMILES string of the molecule is O=C(Nc1cccc(-c2cnc[nH]2)c1)c1cccc(Br)c1. The van der Waals surface area contributed by atoms with Gasteiger partial charge in [-0.1, -0.05) is 34.1 Å². The molecule has 104 valence electrons. The lowest BCUT2D eigenvalue weighted by Gasteiger charge is -2.07. The monoisotopic (exact) mass is 341 g/mol. The van der Waals surface area contributed by atoms with Crippen molar-refractivity contribution in [1.82, 2.24) is 9.97 Å². The van der Waals surface area contributed by atoms with E-state index in [-0.39, 0.29) is 5.91 Å². The van der Waals surface area contributed by atoms with Crippen molar-refractivity contribution in [3.8, 4) is 11.3 Å². The van der Waals surface area contributed by atoms with Crippen molar-refractivity contribution in [3.05, 3.63) is 71.1 Å². The highest BCUT2D eigenvalue weighted by molar-refractivity contribution is 9.10. The van der Waals surface area contributed by atoms with Crippen LogP contribution in [0, 0.1) is 0 Å². The Balaban J connectivity index is 1.82. The van der Waals surface area contributed by atoms with Gasteiger partial charge in [-0.05, 0) is 30.3 Å². The van der Waals surface area contributed by atoms with E-state index in [1.54, 1.807) is 24.7 Å². The van der Waals surface area contributed by atoms with Gasteiger partial charge in [0.1, 0.15) is 0 Å². The number of halogens is 1. The van der Waals surface area contributed by atoms with Crippen LogP contribution in [0.25, 0.3) is 11.3 Å². The Kier molecular flexibility index (Phi) is 3.83. The second-order valence-corrected chi connectivity index (χ2v) is 5.43. The Morgan fingerprint density at radius 3 is 2.76 bits per heavy atom. The Morgan fingerprint density at radius 2 is 2.00 bits per heavy atom. The van der Waals surface area contributed by atoms with E-state index in [1.807, 2.05) is 36.4 Å². The molecule has 0 aliphatic carbocycles. The van der Waals surface area contributed by atoms with Gasteiger partial charge < -0.3 is 10.3 Å². The van der Waals surface area contributed by atoms with Gasteiger partial charge in [0.15, 0.2) is 0 Å². The maximum absolute atomic E-state index is 12.2. The molecule has 3 rings (SSSR count). The molecule has 4 nitrogen and oxygen atoms in total. The Morgan fingerprint density at radius 1 is 1.14 bits per heavy atom. The molecule has 0 bridgehead atoms. The van der Waals surface area contributed by atoms with Gasteiger partial charge in [-0.25, -0.2) is 4.98 Å². The van der Waals surface area contributed by atoms with Gasteiger partial charge in [0.25, 0.3) is 5.91 Å². The third-order valence-corrected chi connectivity index (χ3v) is 3.51. The zero-order valence-electron chi connectivity index (χ0n) is 11.0. The summed E-state index contributed by atoms with van der Waals surface area (Å²) < 4.78 is 0.876. The van der Waals surface area contributed by atoms with E-state index in [0.717, 1.165) is 21.4 Å². The molecule has 0 saturated carbocycles. The number of rotatable bonds is 3. The lowest BCUT2D eigenvalue weighted by atomic mass is 10.1. The Hall–Kier alpha value is -2.40. The number of hydrogen-bond donors (Lipinski definition) is 2. The van der Waals surface area contributed by atoms with Crippen LogP contribution in [0.3, 0.4) is 0 Å². The molecule has 0 atom stereocenters. The van der Waals surface area contributed by atoms with Crippen LogP contribution in [0.4, 0.5) is 5.69 Å². The second-order valence-electron chi connectivity index (χ2n) is 4.51. The number of anilines is 1. The predicted octanol–water partition coefficient (Wildman–Crippen LogP) is 4.09. The van der Waals surface area contributed by atoms with Crippen molar-refractivity contribution in [3.63, 3.8) is 0 Å². The first-order valence-electron chi connectivity index (χ1n) is 6.38. The second kappa shape index (κ2) is 5.93.